The normalized spacial score (nSPS) is 19.6. The predicted octanol–water partition coefficient (Wildman–Crippen LogP) is 4.08. The summed E-state index contributed by atoms with van der Waals surface area (Å²) in [5.41, 5.74) is 2.75. The fourth-order valence-electron chi connectivity index (χ4n) is 4.33. The number of hydrogen-bond donors (Lipinski definition) is 2. The SMILES string of the molecule is CC1CCN(Cc2ccc(C(=O)Nc3ccccc3C(=O)NC[C@H]3CCCO3)cc2)CC1. The summed E-state index contributed by atoms with van der Waals surface area (Å²) in [4.78, 5) is 28.0. The topological polar surface area (TPSA) is 70.7 Å². The van der Waals surface area contributed by atoms with Gasteiger partial charge in [-0.05, 0) is 74.5 Å². The van der Waals surface area contributed by atoms with Crippen molar-refractivity contribution in [3.05, 3.63) is 65.2 Å². The molecule has 2 aromatic carbocycles. The molecule has 2 saturated heterocycles. The third-order valence-electron chi connectivity index (χ3n) is 6.43. The van der Waals surface area contributed by atoms with Crippen LogP contribution in [0, 0.1) is 5.92 Å². The van der Waals surface area contributed by atoms with Gasteiger partial charge in [0.15, 0.2) is 0 Å². The number of piperidine rings is 1. The number of anilines is 1. The monoisotopic (exact) mass is 435 g/mol. The lowest BCUT2D eigenvalue weighted by Crippen LogP contribution is -2.32. The minimum atomic E-state index is -0.220. The molecule has 32 heavy (non-hydrogen) atoms. The Balaban J connectivity index is 1.34. The summed E-state index contributed by atoms with van der Waals surface area (Å²) in [5, 5.41) is 5.82. The number of benzene rings is 2. The number of ether oxygens (including phenoxy) is 1. The van der Waals surface area contributed by atoms with Crippen LogP contribution in [0.2, 0.25) is 0 Å². The smallest absolute Gasteiger partial charge is 0.255 e. The molecule has 2 aromatic rings. The molecule has 6 nitrogen and oxygen atoms in total. The van der Waals surface area contributed by atoms with E-state index in [1.807, 2.05) is 30.3 Å². The number of amides is 2. The molecule has 1 atom stereocenters. The van der Waals surface area contributed by atoms with Gasteiger partial charge in [0.25, 0.3) is 11.8 Å². The van der Waals surface area contributed by atoms with Crippen LogP contribution in [-0.2, 0) is 11.3 Å². The summed E-state index contributed by atoms with van der Waals surface area (Å²) in [5.74, 6) is 0.392. The minimum Gasteiger partial charge on any atom is -0.376 e. The van der Waals surface area contributed by atoms with Gasteiger partial charge in [0.1, 0.15) is 0 Å². The molecule has 0 aromatic heterocycles. The quantitative estimate of drug-likeness (QED) is 0.688. The predicted molar refractivity (Wildman–Crippen MR) is 126 cm³/mol. The Morgan fingerprint density at radius 3 is 2.47 bits per heavy atom. The molecule has 0 radical (unpaired) electrons. The van der Waals surface area contributed by atoms with E-state index in [-0.39, 0.29) is 17.9 Å². The van der Waals surface area contributed by atoms with Gasteiger partial charge >= 0.3 is 0 Å². The third-order valence-corrected chi connectivity index (χ3v) is 6.43. The van der Waals surface area contributed by atoms with E-state index in [4.69, 9.17) is 4.74 Å². The first-order valence-corrected chi connectivity index (χ1v) is 11.7. The number of likely N-dealkylation sites (tertiary alicyclic amines) is 1. The Kier molecular flexibility index (Phi) is 7.55. The van der Waals surface area contributed by atoms with Gasteiger partial charge in [0, 0.05) is 25.3 Å². The van der Waals surface area contributed by atoms with Crippen molar-refractivity contribution in [2.75, 3.05) is 31.6 Å². The average Bonchev–Trinajstić information content (AvgIpc) is 3.33. The van der Waals surface area contributed by atoms with Gasteiger partial charge in [0.2, 0.25) is 0 Å². The Morgan fingerprint density at radius 1 is 1.00 bits per heavy atom. The van der Waals surface area contributed by atoms with Crippen LogP contribution in [0.25, 0.3) is 0 Å². The number of hydrogen-bond acceptors (Lipinski definition) is 4. The maximum atomic E-state index is 12.8. The number of nitrogens with one attached hydrogen (secondary N) is 2. The van der Waals surface area contributed by atoms with E-state index < -0.39 is 0 Å². The van der Waals surface area contributed by atoms with Crippen LogP contribution in [0.15, 0.2) is 48.5 Å². The fraction of sp³-hybridized carbons (Fsp3) is 0.462. The summed E-state index contributed by atoms with van der Waals surface area (Å²) >= 11 is 0. The van der Waals surface area contributed by atoms with Crippen LogP contribution in [0.1, 0.15) is 58.9 Å². The Morgan fingerprint density at radius 2 is 1.75 bits per heavy atom. The fourth-order valence-corrected chi connectivity index (χ4v) is 4.33. The van der Waals surface area contributed by atoms with Crippen molar-refractivity contribution >= 4 is 17.5 Å². The number of carbonyl (C=O) groups is 2. The largest absolute Gasteiger partial charge is 0.376 e. The molecule has 0 saturated carbocycles. The average molecular weight is 436 g/mol. The van der Waals surface area contributed by atoms with Crippen LogP contribution in [0.5, 0.6) is 0 Å². The highest BCUT2D eigenvalue weighted by Crippen LogP contribution is 2.20. The zero-order valence-electron chi connectivity index (χ0n) is 18.8. The first-order valence-electron chi connectivity index (χ1n) is 11.7. The molecule has 2 heterocycles. The molecule has 4 rings (SSSR count). The number of carbonyl (C=O) groups excluding carboxylic acids is 2. The van der Waals surface area contributed by atoms with Crippen LogP contribution in [0.4, 0.5) is 5.69 Å². The first kappa shape index (κ1) is 22.5. The van der Waals surface area contributed by atoms with E-state index in [9.17, 15) is 9.59 Å². The molecule has 2 aliphatic heterocycles. The van der Waals surface area contributed by atoms with E-state index in [1.54, 1.807) is 18.2 Å². The molecule has 0 aliphatic carbocycles. The second-order valence-electron chi connectivity index (χ2n) is 9.00. The van der Waals surface area contributed by atoms with Gasteiger partial charge in [-0.25, -0.2) is 0 Å². The Labute approximate surface area is 190 Å². The molecule has 0 unspecified atom stereocenters. The molecule has 2 amide bonds. The maximum absolute atomic E-state index is 12.8. The lowest BCUT2D eigenvalue weighted by atomic mass is 9.99. The third kappa shape index (κ3) is 5.96. The second-order valence-corrected chi connectivity index (χ2v) is 9.00. The van der Waals surface area contributed by atoms with E-state index in [2.05, 4.69) is 22.5 Å². The highest BCUT2D eigenvalue weighted by atomic mass is 16.5. The summed E-state index contributed by atoms with van der Waals surface area (Å²) in [6, 6.07) is 14.9. The first-order chi connectivity index (χ1) is 15.6. The summed E-state index contributed by atoms with van der Waals surface area (Å²) in [7, 11) is 0. The molecule has 170 valence electrons. The lowest BCUT2D eigenvalue weighted by molar-refractivity contribution is 0.0858. The van der Waals surface area contributed by atoms with Crippen molar-refractivity contribution in [3.63, 3.8) is 0 Å². The zero-order valence-corrected chi connectivity index (χ0v) is 18.8. The molecule has 2 aliphatic rings. The molecule has 2 N–H and O–H groups in total. The van der Waals surface area contributed by atoms with Gasteiger partial charge in [-0.15, -0.1) is 0 Å². The highest BCUT2D eigenvalue weighted by Gasteiger charge is 2.19. The van der Waals surface area contributed by atoms with Gasteiger partial charge in [-0.3, -0.25) is 14.5 Å². The number of para-hydroxylation sites is 1. The van der Waals surface area contributed by atoms with E-state index in [0.29, 0.717) is 23.4 Å². The molecule has 6 heteroatoms. The van der Waals surface area contributed by atoms with Crippen molar-refractivity contribution in [1.82, 2.24) is 10.2 Å². The van der Waals surface area contributed by atoms with Crippen molar-refractivity contribution < 1.29 is 14.3 Å². The van der Waals surface area contributed by atoms with Crippen LogP contribution < -0.4 is 10.6 Å². The summed E-state index contributed by atoms with van der Waals surface area (Å²) in [6.45, 7) is 6.74. The Bertz CT molecular complexity index is 914. The van der Waals surface area contributed by atoms with Crippen LogP contribution >= 0.6 is 0 Å². The van der Waals surface area contributed by atoms with Gasteiger partial charge in [0.05, 0.1) is 17.4 Å². The summed E-state index contributed by atoms with van der Waals surface area (Å²) in [6.07, 6.45) is 4.57. The lowest BCUT2D eigenvalue weighted by Gasteiger charge is -2.30. The van der Waals surface area contributed by atoms with Crippen LogP contribution in [-0.4, -0.2) is 49.1 Å². The van der Waals surface area contributed by atoms with Crippen LogP contribution in [0.3, 0.4) is 0 Å². The minimum absolute atomic E-state index is 0.0764. The van der Waals surface area contributed by atoms with Crippen molar-refractivity contribution in [2.24, 2.45) is 5.92 Å². The van der Waals surface area contributed by atoms with Crippen molar-refractivity contribution in [2.45, 2.75) is 45.3 Å². The van der Waals surface area contributed by atoms with Gasteiger partial charge in [-0.2, -0.15) is 0 Å². The molecular weight excluding hydrogens is 402 g/mol. The highest BCUT2D eigenvalue weighted by molar-refractivity contribution is 6.09. The van der Waals surface area contributed by atoms with E-state index in [0.717, 1.165) is 45.0 Å². The van der Waals surface area contributed by atoms with Crippen molar-refractivity contribution in [1.29, 1.82) is 0 Å². The zero-order chi connectivity index (χ0) is 22.3. The standard InChI is InChI=1S/C26H33N3O3/c1-19-12-14-29(15-13-19)18-20-8-10-21(11-9-20)25(30)28-24-7-3-2-6-23(24)26(31)27-17-22-5-4-16-32-22/h2-3,6-11,19,22H,4-5,12-18H2,1H3,(H,27,31)(H,28,30)/t22-/m1/s1. The Hall–Kier alpha value is -2.70. The molecule has 0 spiro atoms. The molecule has 2 fully saturated rings. The van der Waals surface area contributed by atoms with Crippen molar-refractivity contribution in [3.8, 4) is 0 Å². The molecular formula is C26H33N3O3. The molecule has 0 bridgehead atoms. The summed E-state index contributed by atoms with van der Waals surface area (Å²) < 4.78 is 5.57. The maximum Gasteiger partial charge on any atom is 0.255 e. The second kappa shape index (κ2) is 10.7. The van der Waals surface area contributed by atoms with E-state index >= 15 is 0 Å². The van der Waals surface area contributed by atoms with E-state index in [1.165, 1.54) is 18.4 Å². The van der Waals surface area contributed by atoms with Gasteiger partial charge < -0.3 is 15.4 Å². The number of nitrogens with zero attached hydrogens (tertiary/aromatic N) is 1. The van der Waals surface area contributed by atoms with Gasteiger partial charge in [-0.1, -0.05) is 31.2 Å². The number of rotatable bonds is 7.